The number of hydrogen-bond donors (Lipinski definition) is 8. The van der Waals surface area contributed by atoms with E-state index in [1.807, 2.05) is 0 Å². The number of aliphatic carboxylic acids is 1. The molecule has 0 unspecified atom stereocenters. The fourth-order valence-electron chi connectivity index (χ4n) is 11.4. The average Bonchev–Trinajstić information content (AvgIpc) is 1.73. The summed E-state index contributed by atoms with van der Waals surface area (Å²) in [5, 5.41) is 26.4. The molecular formula is C65H100N10O21S. The van der Waals surface area contributed by atoms with Crippen LogP contribution in [0.5, 0.6) is 0 Å². The van der Waals surface area contributed by atoms with Crippen LogP contribution in [0.3, 0.4) is 0 Å². The molecule has 0 bridgehead atoms. The van der Waals surface area contributed by atoms with Gasteiger partial charge in [0.25, 0.3) is 5.91 Å². The lowest BCUT2D eigenvalue weighted by Gasteiger charge is -2.40. The molecule has 4 aliphatic rings. The highest BCUT2D eigenvalue weighted by molar-refractivity contribution is 7.91. The van der Waals surface area contributed by atoms with Crippen molar-refractivity contribution in [3.8, 4) is 0 Å². The second kappa shape index (κ2) is 44.2. The maximum absolute atomic E-state index is 14.1. The van der Waals surface area contributed by atoms with E-state index in [0.717, 1.165) is 38.5 Å². The molecule has 97 heavy (non-hydrogen) atoms. The number of nitrogens with zero attached hydrogens (tertiary/aromatic N) is 3. The van der Waals surface area contributed by atoms with E-state index in [2.05, 4.69) is 47.2 Å². The zero-order chi connectivity index (χ0) is 69.5. The van der Waals surface area contributed by atoms with Gasteiger partial charge in [-0.25, -0.2) is 18.4 Å². The number of carbonyl (C=O) groups is 9. The van der Waals surface area contributed by atoms with Crippen molar-refractivity contribution in [2.75, 3.05) is 152 Å². The molecule has 3 aliphatic carbocycles. The lowest BCUT2D eigenvalue weighted by molar-refractivity contribution is -0.141. The van der Waals surface area contributed by atoms with Crippen molar-refractivity contribution in [2.24, 2.45) is 5.92 Å². The summed E-state index contributed by atoms with van der Waals surface area (Å²) in [7, 11) is -2.18. The number of ether oxygens (including phenoxy) is 9. The van der Waals surface area contributed by atoms with Crippen LogP contribution in [0.25, 0.3) is 0 Å². The maximum atomic E-state index is 14.1. The van der Waals surface area contributed by atoms with Gasteiger partial charge < -0.3 is 89.9 Å². The minimum Gasteiger partial charge on any atom is -0.481 e. The second-order valence-corrected chi connectivity index (χ2v) is 26.4. The lowest BCUT2D eigenvalue weighted by Crippen LogP contribution is -2.53. The van der Waals surface area contributed by atoms with Gasteiger partial charge in [-0.2, -0.15) is 0 Å². The van der Waals surface area contributed by atoms with Crippen LogP contribution in [-0.2, 0) is 103 Å². The standard InChI is InChI=1S/C65H100N10O21S/c1-88-25-26-90-29-30-92-33-34-94-37-38-95-36-35-93-32-31-91-28-27-89-24-19-54(76)66-22-10-7-15-51(72-55(77)18-23-75-45-65(20-8-9-21-65)60-50(63(75)85)41-70-64(74-60)97(86,87)49-13-5-6-14-49)61(83)68-42-56(78)67-44-58(80)73-52(39-47-11-3-2-4-12-47)62(84)69-43-57(79)71-46-96-53(40-59(81)82)48-16-17-48/h2-4,11-12,41,48-49,51-53H,5-10,13-40,42-46H2,1H3,(H,66,76)(H,67,78)(H,68,83)(H,69,84)(H,71,79)(H,72,77)(H,73,80)(H,81,82)/t51-,52-,53-/m0/s1. The molecule has 3 saturated carbocycles. The van der Waals surface area contributed by atoms with Crippen molar-refractivity contribution in [3.63, 3.8) is 0 Å². The van der Waals surface area contributed by atoms with E-state index >= 15 is 0 Å². The van der Waals surface area contributed by atoms with Gasteiger partial charge >= 0.3 is 5.97 Å². The van der Waals surface area contributed by atoms with Crippen LogP contribution in [0.2, 0.25) is 0 Å². The monoisotopic (exact) mass is 1390 g/mol. The van der Waals surface area contributed by atoms with Gasteiger partial charge in [-0.3, -0.25) is 43.2 Å². The molecule has 8 N–H and O–H groups in total. The third kappa shape index (κ3) is 29.6. The van der Waals surface area contributed by atoms with Gasteiger partial charge in [-0.15, -0.1) is 0 Å². The predicted molar refractivity (Wildman–Crippen MR) is 347 cm³/mol. The number of hydrogen-bond acceptors (Lipinski definition) is 22. The SMILES string of the molecule is COCCOCCOCCOCCOCCOCCOCCOCCC(=O)NCCCC[C@H](NC(=O)CCN1CC2(CCCC2)c2nc(S(=O)(=O)C3CCCC3)ncc2C1=O)C(=O)NCC(=O)NCC(=O)N[C@@H](Cc1ccccc1)C(=O)NCC(=O)NCO[C@@H](CC(=O)O)C1CC1. The number of carbonyl (C=O) groups excluding carboxylic acids is 8. The average molecular weight is 1390 g/mol. The van der Waals surface area contributed by atoms with Crippen molar-refractivity contribution in [1.29, 1.82) is 0 Å². The number of sulfone groups is 1. The van der Waals surface area contributed by atoms with Crippen LogP contribution in [0.15, 0.2) is 41.7 Å². The van der Waals surface area contributed by atoms with Gasteiger partial charge in [0.1, 0.15) is 18.8 Å². The molecule has 3 atom stereocenters. The molecule has 0 saturated heterocycles. The Morgan fingerprint density at radius 1 is 0.619 bits per heavy atom. The van der Waals surface area contributed by atoms with Crippen LogP contribution in [0.1, 0.15) is 124 Å². The summed E-state index contributed by atoms with van der Waals surface area (Å²) < 4.78 is 76.0. The molecule has 6 rings (SSSR count). The van der Waals surface area contributed by atoms with Gasteiger partial charge in [0, 0.05) is 57.6 Å². The summed E-state index contributed by atoms with van der Waals surface area (Å²) in [6, 6.07) is 6.37. The molecule has 1 aliphatic heterocycles. The zero-order valence-corrected chi connectivity index (χ0v) is 56.6. The van der Waals surface area contributed by atoms with Gasteiger partial charge in [0.05, 0.1) is 148 Å². The molecule has 0 radical (unpaired) electrons. The minimum atomic E-state index is -3.80. The normalized spacial score (nSPS) is 16.1. The number of fused-ring (bicyclic) bond motifs is 2. The summed E-state index contributed by atoms with van der Waals surface area (Å²) in [4.78, 5) is 128. The van der Waals surface area contributed by atoms with E-state index in [0.29, 0.717) is 136 Å². The van der Waals surface area contributed by atoms with E-state index in [1.54, 1.807) is 42.3 Å². The quantitative estimate of drug-likeness (QED) is 0.0249. The molecule has 2 aromatic rings. The van der Waals surface area contributed by atoms with Crippen LogP contribution < -0.4 is 37.2 Å². The van der Waals surface area contributed by atoms with Gasteiger partial charge in [-0.05, 0) is 69.3 Å². The number of methoxy groups -OCH3 is 1. The summed E-state index contributed by atoms with van der Waals surface area (Å²) >= 11 is 0. The zero-order valence-electron chi connectivity index (χ0n) is 55.8. The Bertz CT molecular complexity index is 2900. The summed E-state index contributed by atoms with van der Waals surface area (Å²) in [6.45, 7) is 4.58. The third-order valence-corrected chi connectivity index (χ3v) is 18.8. The fourth-order valence-corrected chi connectivity index (χ4v) is 13.1. The van der Waals surface area contributed by atoms with Crippen LogP contribution in [0, 0.1) is 5.92 Å². The van der Waals surface area contributed by atoms with Crippen molar-refractivity contribution in [2.45, 2.75) is 143 Å². The number of amides is 8. The van der Waals surface area contributed by atoms with Crippen molar-refractivity contribution >= 4 is 63.1 Å². The summed E-state index contributed by atoms with van der Waals surface area (Å²) in [5.74, 6) is -5.80. The molecule has 1 spiro atoms. The maximum Gasteiger partial charge on any atom is 0.305 e. The molecule has 31 nitrogen and oxygen atoms in total. The summed E-state index contributed by atoms with van der Waals surface area (Å²) in [6.07, 6.45) is 8.57. The molecule has 3 fully saturated rings. The Morgan fingerprint density at radius 2 is 1.16 bits per heavy atom. The molecule has 8 amide bonds. The van der Waals surface area contributed by atoms with Gasteiger partial charge in [-0.1, -0.05) is 56.0 Å². The summed E-state index contributed by atoms with van der Waals surface area (Å²) in [5.41, 5.74) is 0.670. The predicted octanol–water partition coefficient (Wildman–Crippen LogP) is 0.194. The molecule has 32 heteroatoms. The Labute approximate surface area is 566 Å². The van der Waals surface area contributed by atoms with Crippen molar-refractivity contribution < 1.29 is 99.3 Å². The number of nitrogens with one attached hydrogen (secondary N) is 7. The highest BCUT2D eigenvalue weighted by atomic mass is 32.2. The molecular weight excluding hydrogens is 1290 g/mol. The number of aromatic nitrogens is 2. The highest BCUT2D eigenvalue weighted by Gasteiger charge is 2.48. The first kappa shape index (κ1) is 79.1. The largest absolute Gasteiger partial charge is 0.481 e. The molecule has 542 valence electrons. The molecule has 2 heterocycles. The van der Waals surface area contributed by atoms with Crippen LogP contribution in [-0.4, -0.2) is 257 Å². The smallest absolute Gasteiger partial charge is 0.305 e. The number of carboxylic acid groups (broad SMARTS) is 1. The molecule has 1 aromatic carbocycles. The van der Waals surface area contributed by atoms with E-state index in [1.165, 1.54) is 6.20 Å². The van der Waals surface area contributed by atoms with E-state index in [4.69, 9.17) is 42.6 Å². The first-order valence-electron chi connectivity index (χ1n) is 33.7. The van der Waals surface area contributed by atoms with Crippen LogP contribution in [0.4, 0.5) is 0 Å². The number of rotatable bonds is 52. The van der Waals surface area contributed by atoms with Crippen molar-refractivity contribution in [3.05, 3.63) is 53.3 Å². The van der Waals surface area contributed by atoms with Crippen LogP contribution >= 0.6 is 0 Å². The Balaban J connectivity index is 0.918. The minimum absolute atomic E-state index is 0.0194. The van der Waals surface area contributed by atoms with Gasteiger partial charge in [0.2, 0.25) is 56.3 Å². The number of unbranched alkanes of at least 4 members (excludes halogenated alkanes) is 1. The first-order valence-corrected chi connectivity index (χ1v) is 35.3. The van der Waals surface area contributed by atoms with Gasteiger partial charge in [0.15, 0.2) is 0 Å². The first-order chi connectivity index (χ1) is 47.0. The Hall–Kier alpha value is -6.88. The van der Waals surface area contributed by atoms with Crippen molar-refractivity contribution in [1.82, 2.24) is 52.1 Å². The highest BCUT2D eigenvalue weighted by Crippen LogP contribution is 2.45. The second-order valence-electron chi connectivity index (χ2n) is 24.2. The Morgan fingerprint density at radius 3 is 1.74 bits per heavy atom. The number of benzene rings is 1. The lowest BCUT2D eigenvalue weighted by atomic mass is 9.77. The van der Waals surface area contributed by atoms with E-state index in [9.17, 15) is 56.7 Å². The topological polar surface area (TPSA) is 404 Å². The Kier molecular flexibility index (Phi) is 36.1. The van der Waals surface area contributed by atoms with E-state index < -0.39 is 106 Å². The fraction of sp³-hybridized carbons (Fsp3) is 0.708. The van der Waals surface area contributed by atoms with E-state index in [-0.39, 0.29) is 94.2 Å². The number of carboxylic acids is 1. The third-order valence-electron chi connectivity index (χ3n) is 16.8. The molecule has 1 aromatic heterocycles.